The Morgan fingerprint density at radius 1 is 0.935 bits per heavy atom. The molecule has 4 aromatic rings. The quantitative estimate of drug-likeness (QED) is 0.139. The van der Waals surface area contributed by atoms with Crippen molar-refractivity contribution in [3.63, 3.8) is 0 Å². The fourth-order valence-electron chi connectivity index (χ4n) is 6.07. The second kappa shape index (κ2) is 15.4. The minimum atomic E-state index is 0. The summed E-state index contributed by atoms with van der Waals surface area (Å²) >= 11 is 5.25. The number of thiazole rings is 1. The van der Waals surface area contributed by atoms with Crippen molar-refractivity contribution in [3.05, 3.63) is 138 Å². The molecule has 3 heterocycles. The number of aromatic nitrogens is 1. The topological polar surface area (TPSA) is 28.2 Å². The standard InChI is InChI=1S/C38H40N3OS3.HI/c1-6-21-40-30-23-26(4)27(5)24-32(30)44-33(40)20-19-31-38(42)41(22-7-2)35(43-31)25-34-39(8-3)36(28-15-11-9-12-16-28)37(45-34)29-17-13-10-14-18-29;/h7,9-20,23-25,36-37H,2,6,8,21-22H2,1,3-5H3;1H/q+1;/p-1. The molecule has 2 aliphatic rings. The van der Waals surface area contributed by atoms with Gasteiger partial charge in [-0.3, -0.25) is 9.36 Å². The second-order valence-corrected chi connectivity index (χ2v) is 14.7. The summed E-state index contributed by atoms with van der Waals surface area (Å²) in [7, 11) is 0. The number of rotatable bonds is 9. The predicted octanol–water partition coefficient (Wildman–Crippen LogP) is 4.80. The SMILES string of the molecule is C=CCn1c(=CC2=[N+](CC)C(c3ccccc3)C(c3ccccc3)S2)sc(=CC=C2Sc3cc(C)c(C)cc3N2CCC)c1=O.[I-]. The van der Waals surface area contributed by atoms with Crippen molar-refractivity contribution in [2.24, 2.45) is 0 Å². The fraction of sp³-hybridized carbons (Fsp3) is 0.263. The van der Waals surface area contributed by atoms with Crippen LogP contribution in [0.2, 0.25) is 0 Å². The lowest BCUT2D eigenvalue weighted by Crippen LogP contribution is -3.00. The van der Waals surface area contributed by atoms with E-state index in [1.807, 2.05) is 28.5 Å². The van der Waals surface area contributed by atoms with E-state index in [1.165, 1.54) is 42.9 Å². The van der Waals surface area contributed by atoms with Crippen LogP contribution in [0.4, 0.5) is 5.69 Å². The van der Waals surface area contributed by atoms with E-state index in [2.05, 4.69) is 129 Å². The number of aryl methyl sites for hydroxylation is 2. The van der Waals surface area contributed by atoms with Crippen LogP contribution in [0.3, 0.4) is 0 Å². The molecular weight excluding hydrogens is 738 g/mol. The van der Waals surface area contributed by atoms with E-state index >= 15 is 0 Å². The molecule has 0 saturated carbocycles. The Morgan fingerprint density at radius 2 is 1.61 bits per heavy atom. The number of likely N-dealkylation sites (N-methyl/N-ethyl adjacent to an activating group) is 1. The zero-order valence-corrected chi connectivity index (χ0v) is 31.4. The largest absolute Gasteiger partial charge is 1.00 e. The van der Waals surface area contributed by atoms with E-state index in [9.17, 15) is 4.79 Å². The number of anilines is 1. The number of benzene rings is 3. The summed E-state index contributed by atoms with van der Waals surface area (Å²) in [5.74, 6) is 0. The van der Waals surface area contributed by atoms with Gasteiger partial charge < -0.3 is 28.9 Å². The summed E-state index contributed by atoms with van der Waals surface area (Å²) < 4.78 is 6.04. The summed E-state index contributed by atoms with van der Waals surface area (Å²) in [5, 5.41) is 2.60. The molecule has 3 aromatic carbocycles. The van der Waals surface area contributed by atoms with Crippen LogP contribution < -0.4 is 43.6 Å². The fourth-order valence-corrected chi connectivity index (χ4v) is 9.86. The van der Waals surface area contributed by atoms with Gasteiger partial charge in [0.1, 0.15) is 16.5 Å². The van der Waals surface area contributed by atoms with E-state index in [4.69, 9.17) is 0 Å². The molecule has 2 aliphatic heterocycles. The Morgan fingerprint density at radius 3 is 2.26 bits per heavy atom. The van der Waals surface area contributed by atoms with Crippen molar-refractivity contribution >= 4 is 57.7 Å². The lowest BCUT2D eigenvalue weighted by molar-refractivity contribution is -0.562. The van der Waals surface area contributed by atoms with Gasteiger partial charge in [0.2, 0.25) is 5.04 Å². The van der Waals surface area contributed by atoms with Gasteiger partial charge in [-0.15, -0.1) is 17.9 Å². The molecule has 2 atom stereocenters. The number of fused-ring (bicyclic) bond motifs is 1. The van der Waals surface area contributed by atoms with Gasteiger partial charge in [0.15, 0.2) is 6.04 Å². The van der Waals surface area contributed by atoms with Crippen LogP contribution >= 0.6 is 34.9 Å². The molecule has 0 radical (unpaired) electrons. The summed E-state index contributed by atoms with van der Waals surface area (Å²) in [6.45, 7) is 15.0. The number of hydrogen-bond acceptors (Lipinski definition) is 5. The minimum Gasteiger partial charge on any atom is -1.00 e. The van der Waals surface area contributed by atoms with Gasteiger partial charge in [0.25, 0.3) is 5.56 Å². The molecule has 0 spiro atoms. The molecule has 0 aliphatic carbocycles. The molecule has 6 rings (SSSR count). The van der Waals surface area contributed by atoms with Crippen LogP contribution in [0.1, 0.15) is 53.8 Å². The highest BCUT2D eigenvalue weighted by Gasteiger charge is 2.43. The maximum absolute atomic E-state index is 13.8. The third-order valence-electron chi connectivity index (χ3n) is 8.43. The Kier molecular flexibility index (Phi) is 11.6. The van der Waals surface area contributed by atoms with Crippen molar-refractivity contribution in [2.45, 2.75) is 56.8 Å². The molecule has 4 nitrogen and oxygen atoms in total. The number of hydrogen-bond donors (Lipinski definition) is 0. The predicted molar refractivity (Wildman–Crippen MR) is 196 cm³/mol. The zero-order valence-electron chi connectivity index (χ0n) is 26.8. The Labute approximate surface area is 302 Å². The molecule has 0 N–H and O–H groups in total. The van der Waals surface area contributed by atoms with Crippen LogP contribution in [-0.2, 0) is 6.54 Å². The highest BCUT2D eigenvalue weighted by atomic mass is 127. The number of halogens is 1. The molecule has 238 valence electrons. The number of thioether (sulfide) groups is 2. The van der Waals surface area contributed by atoms with Crippen molar-refractivity contribution in [1.29, 1.82) is 0 Å². The first kappa shape index (κ1) is 34.5. The number of allylic oxidation sites excluding steroid dienone is 2. The highest BCUT2D eigenvalue weighted by Crippen LogP contribution is 2.49. The molecule has 0 bridgehead atoms. The van der Waals surface area contributed by atoms with E-state index in [0.717, 1.165) is 28.7 Å². The molecular formula is C38H40IN3OS3. The van der Waals surface area contributed by atoms with Gasteiger partial charge >= 0.3 is 0 Å². The van der Waals surface area contributed by atoms with Crippen LogP contribution in [0.25, 0.3) is 12.2 Å². The zero-order chi connectivity index (χ0) is 31.5. The Bertz CT molecular complexity index is 1960. The number of nitrogens with zero attached hydrogens (tertiary/aromatic N) is 3. The molecule has 46 heavy (non-hydrogen) atoms. The third kappa shape index (κ3) is 6.91. The first-order chi connectivity index (χ1) is 21.9. The van der Waals surface area contributed by atoms with Gasteiger partial charge in [0, 0.05) is 23.5 Å². The normalized spacial score (nSPS) is 19.2. The van der Waals surface area contributed by atoms with Gasteiger partial charge in [-0.2, -0.15) is 0 Å². The van der Waals surface area contributed by atoms with E-state index in [-0.39, 0.29) is 40.8 Å². The maximum Gasteiger partial charge on any atom is 0.269 e. The summed E-state index contributed by atoms with van der Waals surface area (Å²) in [5.41, 5.74) is 6.52. The van der Waals surface area contributed by atoms with Crippen molar-refractivity contribution < 1.29 is 28.6 Å². The van der Waals surface area contributed by atoms with E-state index in [1.54, 1.807) is 23.1 Å². The molecule has 2 unspecified atom stereocenters. The molecule has 1 aromatic heterocycles. The highest BCUT2D eigenvalue weighted by molar-refractivity contribution is 8.15. The average molecular weight is 778 g/mol. The van der Waals surface area contributed by atoms with E-state index in [0.29, 0.717) is 6.54 Å². The van der Waals surface area contributed by atoms with Crippen LogP contribution in [0, 0.1) is 13.8 Å². The minimum absolute atomic E-state index is 0. The molecule has 0 fully saturated rings. The summed E-state index contributed by atoms with van der Waals surface area (Å²) in [4.78, 5) is 17.5. The lowest BCUT2D eigenvalue weighted by Gasteiger charge is -2.19. The van der Waals surface area contributed by atoms with Gasteiger partial charge in [-0.05, 0) is 79.9 Å². The maximum atomic E-state index is 13.8. The second-order valence-electron chi connectivity index (χ2n) is 11.4. The Hall–Kier alpha value is -2.79. The first-order valence-electron chi connectivity index (χ1n) is 15.6. The third-order valence-corrected chi connectivity index (χ3v) is 12.0. The average Bonchev–Trinajstić information content (AvgIpc) is 3.69. The van der Waals surface area contributed by atoms with Crippen LogP contribution in [0.5, 0.6) is 0 Å². The van der Waals surface area contributed by atoms with E-state index < -0.39 is 0 Å². The van der Waals surface area contributed by atoms with Crippen molar-refractivity contribution in [1.82, 2.24) is 4.57 Å². The van der Waals surface area contributed by atoms with Gasteiger partial charge in [-0.1, -0.05) is 85.4 Å². The molecule has 0 saturated heterocycles. The molecule has 8 heteroatoms. The smallest absolute Gasteiger partial charge is 0.269 e. The van der Waals surface area contributed by atoms with Gasteiger partial charge in [0.05, 0.1) is 21.3 Å². The monoisotopic (exact) mass is 777 g/mol. The van der Waals surface area contributed by atoms with Crippen LogP contribution in [-0.4, -0.2) is 27.3 Å². The van der Waals surface area contributed by atoms with Crippen molar-refractivity contribution in [3.8, 4) is 0 Å². The van der Waals surface area contributed by atoms with Crippen LogP contribution in [0.15, 0.2) is 106 Å². The van der Waals surface area contributed by atoms with Gasteiger partial charge in [-0.25, -0.2) is 4.58 Å². The summed E-state index contributed by atoms with van der Waals surface area (Å²) in [6, 6.07) is 26.4. The molecule has 0 amide bonds. The van der Waals surface area contributed by atoms with Crippen molar-refractivity contribution in [2.75, 3.05) is 18.0 Å². The lowest BCUT2D eigenvalue weighted by atomic mass is 9.97. The summed E-state index contributed by atoms with van der Waals surface area (Å²) in [6.07, 6.45) is 9.24. The first-order valence-corrected chi connectivity index (χ1v) is 18.2. The Balaban J connectivity index is 0.00000417.